The number of carbonyl (C=O) groups excluding carboxylic acids is 1. The summed E-state index contributed by atoms with van der Waals surface area (Å²) >= 11 is 4.67. The molecule has 0 saturated heterocycles. The molecule has 0 aliphatic heterocycles. The van der Waals surface area contributed by atoms with Gasteiger partial charge in [-0.25, -0.2) is 4.79 Å². The summed E-state index contributed by atoms with van der Waals surface area (Å²) in [6.45, 7) is 1.20. The quantitative estimate of drug-likeness (QED) is 0.533. The Labute approximate surface area is 147 Å². The number of Topliss-reactive ketones (excluding diaryl/α,β-unsaturated/α-hetero) is 1. The summed E-state index contributed by atoms with van der Waals surface area (Å²) in [6.07, 6.45) is 0.516. The van der Waals surface area contributed by atoms with Gasteiger partial charge in [-0.15, -0.1) is 0 Å². The van der Waals surface area contributed by atoms with Gasteiger partial charge in [0.1, 0.15) is 0 Å². The minimum Gasteiger partial charge on any atom is -0.479 e. The van der Waals surface area contributed by atoms with Gasteiger partial charge in [-0.1, -0.05) is 60.7 Å². The van der Waals surface area contributed by atoms with E-state index >= 15 is 0 Å². The Kier molecular flexibility index (Phi) is 5.47. The van der Waals surface area contributed by atoms with Crippen molar-refractivity contribution < 1.29 is 14.7 Å². The van der Waals surface area contributed by atoms with E-state index in [9.17, 15) is 14.7 Å². The lowest BCUT2D eigenvalue weighted by Crippen LogP contribution is -2.69. The summed E-state index contributed by atoms with van der Waals surface area (Å²) < 4.78 is -1.27. The monoisotopic (exact) mass is 343 g/mol. The molecule has 2 aromatic rings. The van der Waals surface area contributed by atoms with Crippen LogP contribution in [0.4, 0.5) is 0 Å². The molecule has 2 aromatic carbocycles. The second-order valence-electron chi connectivity index (χ2n) is 6.03. The number of carboxylic acid groups (broad SMARTS) is 1. The highest BCUT2D eigenvalue weighted by Crippen LogP contribution is 2.36. The van der Waals surface area contributed by atoms with Gasteiger partial charge in [0.2, 0.25) is 0 Å². The SMILES string of the molecule is CC(=O)C(N)(C(=O)O)C(S)(Cc1ccccc1)Cc1ccccc1. The zero-order valence-corrected chi connectivity index (χ0v) is 14.4. The first kappa shape index (κ1) is 18.2. The first-order chi connectivity index (χ1) is 11.3. The Morgan fingerprint density at radius 1 is 0.958 bits per heavy atom. The highest BCUT2D eigenvalue weighted by atomic mass is 32.1. The number of carboxylic acids is 1. The lowest BCUT2D eigenvalue weighted by molar-refractivity contribution is -0.149. The number of hydrogen-bond donors (Lipinski definition) is 3. The van der Waals surface area contributed by atoms with E-state index in [2.05, 4.69) is 12.6 Å². The molecule has 0 radical (unpaired) electrons. The molecule has 4 nitrogen and oxygen atoms in total. The van der Waals surface area contributed by atoms with Gasteiger partial charge in [0.25, 0.3) is 0 Å². The molecule has 0 bridgehead atoms. The second kappa shape index (κ2) is 7.20. The van der Waals surface area contributed by atoms with Crippen molar-refractivity contribution in [3.8, 4) is 0 Å². The van der Waals surface area contributed by atoms with Crippen molar-refractivity contribution >= 4 is 24.4 Å². The number of carbonyl (C=O) groups is 2. The van der Waals surface area contributed by atoms with Crippen molar-refractivity contribution in [1.29, 1.82) is 0 Å². The molecule has 1 unspecified atom stereocenters. The number of nitrogens with two attached hydrogens (primary N) is 1. The fourth-order valence-electron chi connectivity index (χ4n) is 2.89. The van der Waals surface area contributed by atoms with Gasteiger partial charge in [-0.05, 0) is 30.9 Å². The van der Waals surface area contributed by atoms with Crippen molar-refractivity contribution in [2.24, 2.45) is 5.73 Å². The average Bonchev–Trinajstić information content (AvgIpc) is 2.55. The fraction of sp³-hybridized carbons (Fsp3) is 0.263. The molecule has 3 N–H and O–H groups in total. The van der Waals surface area contributed by atoms with E-state index in [1.165, 1.54) is 6.92 Å². The maximum atomic E-state index is 12.2. The molecule has 0 amide bonds. The third kappa shape index (κ3) is 3.52. The van der Waals surface area contributed by atoms with Crippen LogP contribution in [0, 0.1) is 0 Å². The summed E-state index contributed by atoms with van der Waals surface area (Å²) in [7, 11) is 0. The fourth-order valence-corrected chi connectivity index (χ4v) is 3.50. The molecule has 126 valence electrons. The molecule has 24 heavy (non-hydrogen) atoms. The Balaban J connectivity index is 2.51. The summed E-state index contributed by atoms with van der Waals surface area (Å²) in [5, 5.41) is 9.70. The van der Waals surface area contributed by atoms with Crippen LogP contribution in [0.3, 0.4) is 0 Å². The van der Waals surface area contributed by atoms with E-state index in [0.717, 1.165) is 11.1 Å². The summed E-state index contributed by atoms with van der Waals surface area (Å²) in [5.74, 6) is -1.98. The molecular formula is C19H21NO3S. The molecule has 5 heteroatoms. The van der Waals surface area contributed by atoms with Gasteiger partial charge in [-0.3, -0.25) is 4.79 Å². The third-order valence-corrected chi connectivity index (χ3v) is 4.97. The Morgan fingerprint density at radius 3 is 1.62 bits per heavy atom. The number of benzene rings is 2. The van der Waals surface area contributed by atoms with Crippen LogP contribution in [-0.2, 0) is 22.4 Å². The summed E-state index contributed by atoms with van der Waals surface area (Å²) in [5.41, 5.74) is 5.79. The van der Waals surface area contributed by atoms with Crippen LogP contribution in [0.2, 0.25) is 0 Å². The van der Waals surface area contributed by atoms with Gasteiger partial charge in [0.15, 0.2) is 11.3 Å². The number of rotatable bonds is 7. The number of aliphatic carboxylic acids is 1. The lowest BCUT2D eigenvalue weighted by Gasteiger charge is -2.41. The lowest BCUT2D eigenvalue weighted by atomic mass is 9.73. The molecule has 0 aliphatic carbocycles. The minimum absolute atomic E-state index is 0.258. The molecule has 0 aliphatic rings. The first-order valence-corrected chi connectivity index (χ1v) is 8.08. The van der Waals surface area contributed by atoms with E-state index in [1.54, 1.807) is 0 Å². The molecule has 0 heterocycles. The largest absolute Gasteiger partial charge is 0.479 e. The highest BCUT2D eigenvalue weighted by molar-refractivity contribution is 7.82. The normalized spacial score (nSPS) is 14.0. The van der Waals surface area contributed by atoms with E-state index < -0.39 is 22.0 Å². The summed E-state index contributed by atoms with van der Waals surface area (Å²) in [4.78, 5) is 24.1. The number of ketones is 1. The van der Waals surface area contributed by atoms with E-state index in [1.807, 2.05) is 60.7 Å². The van der Waals surface area contributed by atoms with Crippen molar-refractivity contribution in [3.05, 3.63) is 71.8 Å². The van der Waals surface area contributed by atoms with Gasteiger partial charge in [0.05, 0.1) is 4.75 Å². The van der Waals surface area contributed by atoms with Crippen LogP contribution in [0.25, 0.3) is 0 Å². The van der Waals surface area contributed by atoms with E-state index in [4.69, 9.17) is 5.73 Å². The molecule has 0 spiro atoms. The van der Waals surface area contributed by atoms with Crippen LogP contribution in [-0.4, -0.2) is 27.1 Å². The molecular weight excluding hydrogens is 322 g/mol. The molecule has 2 rings (SSSR count). The molecule has 0 saturated carbocycles. The number of hydrogen-bond acceptors (Lipinski definition) is 4. The maximum Gasteiger partial charge on any atom is 0.332 e. The van der Waals surface area contributed by atoms with Crippen LogP contribution >= 0.6 is 12.6 Å². The minimum atomic E-state index is -2.10. The Hall–Kier alpha value is -2.11. The molecule has 1 atom stereocenters. The number of thiol groups is 1. The van der Waals surface area contributed by atoms with E-state index in [-0.39, 0.29) is 12.8 Å². The van der Waals surface area contributed by atoms with Crippen LogP contribution in [0.5, 0.6) is 0 Å². The Bertz CT molecular complexity index is 660. The Morgan fingerprint density at radius 2 is 1.33 bits per heavy atom. The van der Waals surface area contributed by atoms with Crippen molar-refractivity contribution in [1.82, 2.24) is 0 Å². The van der Waals surface area contributed by atoms with Crippen molar-refractivity contribution in [2.75, 3.05) is 0 Å². The van der Waals surface area contributed by atoms with Crippen LogP contribution in [0.1, 0.15) is 18.1 Å². The molecule has 0 aromatic heterocycles. The first-order valence-electron chi connectivity index (χ1n) is 7.63. The maximum absolute atomic E-state index is 12.2. The zero-order chi connectivity index (χ0) is 17.8. The van der Waals surface area contributed by atoms with Gasteiger partial charge in [0, 0.05) is 0 Å². The smallest absolute Gasteiger partial charge is 0.332 e. The van der Waals surface area contributed by atoms with E-state index in [0.29, 0.717) is 0 Å². The standard InChI is InChI=1S/C19H21NO3S/c1-14(21)19(20,17(22)23)18(24,12-15-8-4-2-5-9-15)13-16-10-6-3-7-11-16/h2-11,24H,12-13,20H2,1H3,(H,22,23). The molecule has 0 fully saturated rings. The predicted octanol–water partition coefficient (Wildman–Crippen LogP) is 2.51. The predicted molar refractivity (Wildman–Crippen MR) is 97.2 cm³/mol. The van der Waals surface area contributed by atoms with Crippen molar-refractivity contribution in [3.63, 3.8) is 0 Å². The van der Waals surface area contributed by atoms with Gasteiger partial charge < -0.3 is 10.8 Å². The van der Waals surface area contributed by atoms with Crippen LogP contribution < -0.4 is 5.73 Å². The summed E-state index contributed by atoms with van der Waals surface area (Å²) in [6, 6.07) is 18.7. The topological polar surface area (TPSA) is 80.4 Å². The highest BCUT2D eigenvalue weighted by Gasteiger charge is 2.55. The van der Waals surface area contributed by atoms with Gasteiger partial charge >= 0.3 is 5.97 Å². The van der Waals surface area contributed by atoms with Crippen LogP contribution in [0.15, 0.2) is 60.7 Å². The third-order valence-electron chi connectivity index (χ3n) is 4.31. The van der Waals surface area contributed by atoms with Gasteiger partial charge in [-0.2, -0.15) is 12.6 Å². The van der Waals surface area contributed by atoms with Crippen molar-refractivity contribution in [2.45, 2.75) is 30.1 Å². The second-order valence-corrected chi connectivity index (χ2v) is 6.88. The average molecular weight is 343 g/mol. The zero-order valence-electron chi connectivity index (χ0n) is 13.5.